The van der Waals surface area contributed by atoms with Gasteiger partial charge < -0.3 is 21.4 Å². The number of hydrogen-bond acceptors (Lipinski definition) is 6. The minimum atomic E-state index is -4.16. The summed E-state index contributed by atoms with van der Waals surface area (Å²) in [4.78, 5) is 31.8. The van der Waals surface area contributed by atoms with Crippen LogP contribution in [0.1, 0.15) is 37.8 Å². The highest BCUT2D eigenvalue weighted by Crippen LogP contribution is 2.52. The number of para-hydroxylation sites is 2. The monoisotopic (exact) mass is 599 g/mol. The van der Waals surface area contributed by atoms with E-state index in [0.29, 0.717) is 31.6 Å². The van der Waals surface area contributed by atoms with Crippen molar-refractivity contribution in [3.05, 3.63) is 96.2 Å². The largest absolute Gasteiger partial charge is 0.361 e. The number of sulfonamides is 1. The molecule has 0 bridgehead atoms. The number of H-pyrrole nitrogens is 1. The van der Waals surface area contributed by atoms with Crippen LogP contribution in [-0.4, -0.2) is 55.8 Å². The number of Topliss-reactive ketones (excluding diaryl/α,β-unsaturated/α-hetero) is 1. The van der Waals surface area contributed by atoms with E-state index in [1.807, 2.05) is 42.6 Å². The van der Waals surface area contributed by atoms with E-state index in [1.165, 1.54) is 4.31 Å². The Labute approximate surface area is 251 Å². The number of nitrogens with zero attached hydrogens (tertiary/aromatic N) is 1. The van der Waals surface area contributed by atoms with E-state index in [2.05, 4.69) is 15.6 Å². The van der Waals surface area contributed by atoms with Crippen molar-refractivity contribution < 1.29 is 18.0 Å². The fraction of sp³-hybridized carbons (Fsp3) is 0.333. The van der Waals surface area contributed by atoms with Gasteiger partial charge in [0.2, 0.25) is 5.91 Å². The summed E-state index contributed by atoms with van der Waals surface area (Å²) in [6.45, 7) is 4.43. The smallest absolute Gasteiger partial charge is 0.265 e. The number of aromatic amines is 1. The van der Waals surface area contributed by atoms with Gasteiger partial charge in [-0.15, -0.1) is 0 Å². The summed E-state index contributed by atoms with van der Waals surface area (Å²) in [6, 6.07) is 21.3. The van der Waals surface area contributed by atoms with Crippen molar-refractivity contribution in [2.45, 2.75) is 61.0 Å². The first-order valence-electron chi connectivity index (χ1n) is 14.6. The third-order valence-corrected chi connectivity index (χ3v) is 10.6. The van der Waals surface area contributed by atoms with E-state index in [-0.39, 0.29) is 17.1 Å². The highest BCUT2D eigenvalue weighted by Gasteiger charge is 2.58. The molecule has 9 nitrogen and oxygen atoms in total. The number of carbonyl (C=O) groups is 2. The van der Waals surface area contributed by atoms with Crippen molar-refractivity contribution in [3.8, 4) is 0 Å². The summed E-state index contributed by atoms with van der Waals surface area (Å²) >= 11 is 0. The molecule has 1 fully saturated rings. The van der Waals surface area contributed by atoms with Crippen molar-refractivity contribution in [1.29, 1.82) is 0 Å². The van der Waals surface area contributed by atoms with Gasteiger partial charge in [0.15, 0.2) is 5.78 Å². The topological polar surface area (TPSA) is 137 Å². The Kier molecular flexibility index (Phi) is 7.40. The van der Waals surface area contributed by atoms with Gasteiger partial charge in [-0.2, -0.15) is 0 Å². The van der Waals surface area contributed by atoms with Crippen LogP contribution in [-0.2, 0) is 31.4 Å². The molecule has 3 aromatic carbocycles. The van der Waals surface area contributed by atoms with Crippen LogP contribution in [0.15, 0.2) is 90.0 Å². The summed E-state index contributed by atoms with van der Waals surface area (Å²) < 4.78 is 30.3. The molecule has 2 aliphatic heterocycles. The van der Waals surface area contributed by atoms with Crippen LogP contribution < -0.4 is 20.7 Å². The van der Waals surface area contributed by atoms with E-state index in [4.69, 9.17) is 5.73 Å². The molecule has 6 rings (SSSR count). The Hall–Kier alpha value is -3.99. The molecule has 3 heterocycles. The van der Waals surface area contributed by atoms with Crippen LogP contribution in [0, 0.1) is 0 Å². The van der Waals surface area contributed by atoms with Gasteiger partial charge in [-0.1, -0.05) is 54.6 Å². The zero-order valence-corrected chi connectivity index (χ0v) is 25.2. The number of rotatable bonds is 8. The van der Waals surface area contributed by atoms with Crippen molar-refractivity contribution in [2.24, 2.45) is 5.73 Å². The SMILES string of the molecule is CC(C)(N)C(=O)N[C@H](Cc1c[nH]c2ccccc12)C(=O)C1N(S(=O)(=O)c2ccccc2)c2ccccc2C12CCNCC2. The third-order valence-electron chi connectivity index (χ3n) is 8.83. The zero-order valence-electron chi connectivity index (χ0n) is 24.3. The quantitative estimate of drug-likeness (QED) is 0.245. The fourth-order valence-corrected chi connectivity index (χ4v) is 8.38. The van der Waals surface area contributed by atoms with Gasteiger partial charge in [0, 0.05) is 28.9 Å². The molecule has 1 saturated heterocycles. The molecule has 1 amide bonds. The number of nitrogens with one attached hydrogen (secondary N) is 3. The average molecular weight is 600 g/mol. The standard InChI is InChI=1S/C33H37N5O4S/c1-32(2,34)31(40)37-27(20-22-21-36-26-14-8-6-12-24(22)26)29(39)30-33(16-18-35-19-17-33)25-13-7-9-15-28(25)38(30)43(41,42)23-10-4-3-5-11-23/h3-15,21,27,30,35-36H,16-20,34H2,1-2H3,(H,37,40)/t27-,30?/m1/s1. The molecule has 1 unspecified atom stereocenters. The van der Waals surface area contributed by atoms with Crippen LogP contribution in [0.4, 0.5) is 5.69 Å². The second-order valence-electron chi connectivity index (χ2n) is 12.2. The highest BCUT2D eigenvalue weighted by atomic mass is 32.2. The molecule has 0 radical (unpaired) electrons. The maximum absolute atomic E-state index is 15.1. The Morgan fingerprint density at radius 1 is 1.00 bits per heavy atom. The van der Waals surface area contributed by atoms with Gasteiger partial charge in [-0.05, 0) is 75.2 Å². The van der Waals surface area contributed by atoms with Crippen LogP contribution in [0.3, 0.4) is 0 Å². The molecule has 1 aromatic heterocycles. The average Bonchev–Trinajstić information content (AvgIpc) is 3.54. The number of benzene rings is 3. The van der Waals surface area contributed by atoms with Crippen LogP contribution >= 0.6 is 0 Å². The number of piperidine rings is 1. The summed E-state index contributed by atoms with van der Waals surface area (Å²) in [6.07, 6.45) is 3.15. The number of anilines is 1. The Morgan fingerprint density at radius 3 is 2.37 bits per heavy atom. The van der Waals surface area contributed by atoms with Crippen LogP contribution in [0.2, 0.25) is 0 Å². The number of hydrogen-bond donors (Lipinski definition) is 4. The predicted octanol–water partition coefficient (Wildman–Crippen LogP) is 3.40. The lowest BCUT2D eigenvalue weighted by Gasteiger charge is -2.42. The molecule has 43 heavy (non-hydrogen) atoms. The number of aromatic nitrogens is 1. The van der Waals surface area contributed by atoms with Crippen LogP contribution in [0.5, 0.6) is 0 Å². The van der Waals surface area contributed by atoms with E-state index in [9.17, 15) is 13.2 Å². The van der Waals surface area contributed by atoms with Gasteiger partial charge in [0.25, 0.3) is 10.0 Å². The first kappa shape index (κ1) is 29.1. The molecular weight excluding hydrogens is 562 g/mol. The molecule has 10 heteroatoms. The van der Waals surface area contributed by atoms with Crippen molar-refractivity contribution in [3.63, 3.8) is 0 Å². The lowest BCUT2D eigenvalue weighted by molar-refractivity contribution is -0.131. The maximum atomic E-state index is 15.1. The molecule has 0 saturated carbocycles. The summed E-state index contributed by atoms with van der Waals surface area (Å²) in [5.74, 6) is -0.849. The number of amides is 1. The molecule has 224 valence electrons. The number of fused-ring (bicyclic) bond motifs is 3. The minimum Gasteiger partial charge on any atom is -0.361 e. The molecule has 0 aliphatic carbocycles. The van der Waals surface area contributed by atoms with Gasteiger partial charge in [0.05, 0.1) is 22.2 Å². The summed E-state index contributed by atoms with van der Waals surface area (Å²) in [7, 11) is -4.16. The zero-order chi connectivity index (χ0) is 30.4. The molecule has 4 aromatic rings. The van der Waals surface area contributed by atoms with Gasteiger partial charge in [0.1, 0.15) is 6.04 Å². The van der Waals surface area contributed by atoms with Gasteiger partial charge in [-0.25, -0.2) is 8.42 Å². The molecule has 2 atom stereocenters. The van der Waals surface area contributed by atoms with Crippen molar-refractivity contribution >= 4 is 38.3 Å². The van der Waals surface area contributed by atoms with E-state index < -0.39 is 39.0 Å². The van der Waals surface area contributed by atoms with Crippen LogP contribution in [0.25, 0.3) is 10.9 Å². The summed E-state index contributed by atoms with van der Waals surface area (Å²) in [5.41, 5.74) is 7.25. The fourth-order valence-electron chi connectivity index (χ4n) is 6.65. The first-order chi connectivity index (χ1) is 20.5. The molecule has 5 N–H and O–H groups in total. The van der Waals surface area contributed by atoms with Crippen molar-refractivity contribution in [1.82, 2.24) is 15.6 Å². The number of carbonyl (C=O) groups excluding carboxylic acids is 2. The van der Waals surface area contributed by atoms with Gasteiger partial charge >= 0.3 is 0 Å². The number of nitrogens with two attached hydrogens (primary N) is 1. The Bertz CT molecular complexity index is 1770. The minimum absolute atomic E-state index is 0.105. The highest BCUT2D eigenvalue weighted by molar-refractivity contribution is 7.93. The number of ketones is 1. The van der Waals surface area contributed by atoms with E-state index >= 15 is 4.79 Å². The van der Waals surface area contributed by atoms with Gasteiger partial charge in [-0.3, -0.25) is 13.9 Å². The second-order valence-corrected chi connectivity index (χ2v) is 14.0. The molecule has 2 aliphatic rings. The molecule has 1 spiro atoms. The van der Waals surface area contributed by atoms with E-state index in [0.717, 1.165) is 22.0 Å². The predicted molar refractivity (Wildman–Crippen MR) is 167 cm³/mol. The lowest BCUT2D eigenvalue weighted by Crippen LogP contribution is -2.62. The second kappa shape index (κ2) is 10.9. The first-order valence-corrected chi connectivity index (χ1v) is 16.1. The Balaban J connectivity index is 1.52. The molecular formula is C33H37N5O4S. The maximum Gasteiger partial charge on any atom is 0.265 e. The van der Waals surface area contributed by atoms with Crippen molar-refractivity contribution in [2.75, 3.05) is 17.4 Å². The van der Waals surface area contributed by atoms with E-state index in [1.54, 1.807) is 56.3 Å². The Morgan fingerprint density at radius 2 is 1.65 bits per heavy atom. The third kappa shape index (κ3) is 5.03. The lowest BCUT2D eigenvalue weighted by atomic mass is 9.68. The normalized spacial score (nSPS) is 18.9. The summed E-state index contributed by atoms with van der Waals surface area (Å²) in [5, 5.41) is 7.24.